The molecular formula is C6H3ClF2INO3S. The van der Waals surface area contributed by atoms with Gasteiger partial charge in [0, 0.05) is 10.7 Å². The molecule has 0 aromatic carbocycles. The Balaban J connectivity index is 3.68. The number of alkyl halides is 2. The van der Waals surface area contributed by atoms with Gasteiger partial charge in [-0.25, -0.2) is 22.2 Å². The summed E-state index contributed by atoms with van der Waals surface area (Å²) in [4.78, 5) is 2.42. The average molecular weight is 370 g/mol. The highest BCUT2D eigenvalue weighted by atomic mass is 127. The van der Waals surface area contributed by atoms with Gasteiger partial charge in [0.1, 0.15) is 8.60 Å². The number of hydrogen-bond acceptors (Lipinski definition) is 4. The fourth-order valence-electron chi connectivity index (χ4n) is 0.923. The van der Waals surface area contributed by atoms with Gasteiger partial charge in [-0.1, -0.05) is 0 Å². The summed E-state index contributed by atoms with van der Waals surface area (Å²) in [5, 5.41) is 9.14. The maximum absolute atomic E-state index is 12.5. The largest absolute Gasteiger partial charge is 0.505 e. The SMILES string of the molecule is O=S(=O)(Cl)c1c(O)cnc(I)c1C(F)F. The van der Waals surface area contributed by atoms with E-state index in [2.05, 4.69) is 4.98 Å². The molecule has 0 aliphatic heterocycles. The predicted octanol–water partition coefficient (Wildman–Crippen LogP) is 2.26. The van der Waals surface area contributed by atoms with E-state index in [1.54, 1.807) is 0 Å². The van der Waals surface area contributed by atoms with Gasteiger partial charge in [0.2, 0.25) is 0 Å². The lowest BCUT2D eigenvalue weighted by Crippen LogP contribution is -2.03. The van der Waals surface area contributed by atoms with Crippen molar-refractivity contribution < 1.29 is 22.3 Å². The first-order valence-electron chi connectivity index (χ1n) is 3.35. The number of aromatic hydroxyl groups is 1. The minimum absolute atomic E-state index is 0.223. The summed E-state index contributed by atoms with van der Waals surface area (Å²) < 4.78 is 46.8. The highest BCUT2D eigenvalue weighted by Gasteiger charge is 2.28. The molecule has 1 aromatic heterocycles. The van der Waals surface area contributed by atoms with Crippen LogP contribution in [0, 0.1) is 3.70 Å². The zero-order valence-corrected chi connectivity index (χ0v) is 10.5. The third-order valence-corrected chi connectivity index (χ3v) is 3.70. The Kier molecular flexibility index (Phi) is 3.71. The van der Waals surface area contributed by atoms with Gasteiger partial charge in [-0.3, -0.25) is 0 Å². The minimum atomic E-state index is -4.43. The monoisotopic (exact) mass is 369 g/mol. The van der Waals surface area contributed by atoms with E-state index in [1.165, 1.54) is 22.6 Å². The molecular weight excluding hydrogens is 366 g/mol. The summed E-state index contributed by atoms with van der Waals surface area (Å²) in [6.45, 7) is 0. The number of hydrogen-bond donors (Lipinski definition) is 1. The first-order valence-corrected chi connectivity index (χ1v) is 6.74. The van der Waals surface area contributed by atoms with E-state index in [9.17, 15) is 17.2 Å². The number of aromatic nitrogens is 1. The first kappa shape index (κ1) is 12.8. The third-order valence-electron chi connectivity index (χ3n) is 1.46. The van der Waals surface area contributed by atoms with E-state index in [0.29, 0.717) is 0 Å². The van der Waals surface area contributed by atoms with Crippen molar-refractivity contribution in [1.82, 2.24) is 4.98 Å². The van der Waals surface area contributed by atoms with E-state index in [-0.39, 0.29) is 3.70 Å². The van der Waals surface area contributed by atoms with Crippen molar-refractivity contribution in [3.8, 4) is 5.75 Å². The molecule has 0 radical (unpaired) electrons. The standard InChI is InChI=1S/C6H3ClF2INO3S/c7-15(13,14)4-2(12)1-11-6(10)3(4)5(8)9/h1,5,12H. The second kappa shape index (κ2) is 4.34. The van der Waals surface area contributed by atoms with Gasteiger partial charge >= 0.3 is 0 Å². The number of rotatable bonds is 2. The maximum Gasteiger partial charge on any atom is 0.267 e. The molecule has 0 aliphatic carbocycles. The molecule has 1 heterocycles. The fraction of sp³-hybridized carbons (Fsp3) is 0.167. The molecule has 0 saturated heterocycles. The Labute approximate surface area is 102 Å². The van der Waals surface area contributed by atoms with Crippen LogP contribution in [0.25, 0.3) is 0 Å². The van der Waals surface area contributed by atoms with E-state index in [0.717, 1.165) is 6.20 Å². The van der Waals surface area contributed by atoms with Crippen LogP contribution >= 0.6 is 33.3 Å². The van der Waals surface area contributed by atoms with Crippen LogP contribution in [0.3, 0.4) is 0 Å². The molecule has 0 amide bonds. The van der Waals surface area contributed by atoms with Gasteiger partial charge in [-0.2, -0.15) is 0 Å². The zero-order chi connectivity index (χ0) is 11.8. The summed E-state index contributed by atoms with van der Waals surface area (Å²) >= 11 is 1.43. The Morgan fingerprint density at radius 3 is 2.40 bits per heavy atom. The Bertz CT molecular complexity index is 493. The van der Waals surface area contributed by atoms with Crippen LogP contribution in [0.1, 0.15) is 12.0 Å². The molecule has 84 valence electrons. The van der Waals surface area contributed by atoms with Crippen LogP contribution in [-0.2, 0) is 9.05 Å². The van der Waals surface area contributed by atoms with Crippen LogP contribution in [0.4, 0.5) is 8.78 Å². The normalized spacial score (nSPS) is 12.1. The quantitative estimate of drug-likeness (QED) is 0.493. The van der Waals surface area contributed by atoms with Gasteiger partial charge in [-0.15, -0.1) is 0 Å². The van der Waals surface area contributed by atoms with Crippen LogP contribution in [0.2, 0.25) is 0 Å². The van der Waals surface area contributed by atoms with Crippen LogP contribution in [0.15, 0.2) is 11.1 Å². The summed E-state index contributed by atoms with van der Waals surface area (Å²) in [5.74, 6) is -0.888. The van der Waals surface area contributed by atoms with Crippen molar-refractivity contribution in [1.29, 1.82) is 0 Å². The molecule has 0 bridgehead atoms. The first-order chi connectivity index (χ1) is 6.75. The van der Waals surface area contributed by atoms with Crippen LogP contribution in [-0.4, -0.2) is 18.5 Å². The highest BCUT2D eigenvalue weighted by Crippen LogP contribution is 2.36. The van der Waals surface area contributed by atoms with Gasteiger partial charge < -0.3 is 5.11 Å². The lowest BCUT2D eigenvalue weighted by atomic mass is 10.3. The van der Waals surface area contributed by atoms with Crippen molar-refractivity contribution in [3.63, 3.8) is 0 Å². The summed E-state index contributed by atoms with van der Waals surface area (Å²) in [6, 6.07) is 0. The van der Waals surface area contributed by atoms with Gasteiger partial charge in [0.25, 0.3) is 15.5 Å². The second-order valence-electron chi connectivity index (χ2n) is 2.42. The Morgan fingerprint density at radius 2 is 2.07 bits per heavy atom. The maximum atomic E-state index is 12.5. The topological polar surface area (TPSA) is 67.3 Å². The number of nitrogens with zero attached hydrogens (tertiary/aromatic N) is 1. The summed E-state index contributed by atoms with van der Waals surface area (Å²) in [7, 11) is 0.499. The second-order valence-corrected chi connectivity index (χ2v) is 5.94. The lowest BCUT2D eigenvalue weighted by Gasteiger charge is -2.08. The molecule has 0 unspecified atom stereocenters. The van der Waals surface area contributed by atoms with Crippen molar-refractivity contribution in [2.45, 2.75) is 11.3 Å². The fourth-order valence-corrected chi connectivity index (χ4v) is 2.99. The minimum Gasteiger partial charge on any atom is -0.505 e. The van der Waals surface area contributed by atoms with E-state index >= 15 is 0 Å². The molecule has 0 spiro atoms. The van der Waals surface area contributed by atoms with Gasteiger partial charge in [-0.05, 0) is 22.6 Å². The average Bonchev–Trinajstić information content (AvgIpc) is 2.05. The molecule has 0 saturated carbocycles. The smallest absolute Gasteiger partial charge is 0.267 e. The molecule has 0 fully saturated rings. The molecule has 9 heteroatoms. The molecule has 1 aromatic rings. The van der Waals surface area contributed by atoms with Crippen LogP contribution in [0.5, 0.6) is 5.75 Å². The predicted molar refractivity (Wildman–Crippen MR) is 56.6 cm³/mol. The molecule has 0 atom stereocenters. The molecule has 1 rings (SSSR count). The van der Waals surface area contributed by atoms with E-state index < -0.39 is 31.7 Å². The Morgan fingerprint density at radius 1 is 1.53 bits per heavy atom. The third kappa shape index (κ3) is 2.67. The van der Waals surface area contributed by atoms with Gasteiger partial charge in [0.05, 0.1) is 11.8 Å². The summed E-state index contributed by atoms with van der Waals surface area (Å²) in [5.41, 5.74) is -0.884. The summed E-state index contributed by atoms with van der Waals surface area (Å²) in [6.07, 6.45) is -2.33. The molecule has 0 aliphatic rings. The zero-order valence-electron chi connectivity index (χ0n) is 6.79. The van der Waals surface area contributed by atoms with Crippen molar-refractivity contribution in [2.24, 2.45) is 0 Å². The number of pyridine rings is 1. The molecule has 15 heavy (non-hydrogen) atoms. The highest BCUT2D eigenvalue weighted by molar-refractivity contribution is 14.1. The van der Waals surface area contributed by atoms with Crippen LogP contribution < -0.4 is 0 Å². The Hall–Kier alpha value is -0.220. The van der Waals surface area contributed by atoms with Crippen molar-refractivity contribution >= 4 is 42.3 Å². The van der Waals surface area contributed by atoms with E-state index in [4.69, 9.17) is 15.8 Å². The van der Waals surface area contributed by atoms with Crippen molar-refractivity contribution in [2.75, 3.05) is 0 Å². The van der Waals surface area contributed by atoms with E-state index in [1.807, 2.05) is 0 Å². The molecule has 4 nitrogen and oxygen atoms in total. The van der Waals surface area contributed by atoms with Gasteiger partial charge in [0.15, 0.2) is 5.75 Å². The number of halogens is 4. The molecule has 1 N–H and O–H groups in total. The lowest BCUT2D eigenvalue weighted by molar-refractivity contribution is 0.145. The van der Waals surface area contributed by atoms with Crippen molar-refractivity contribution in [3.05, 3.63) is 15.5 Å².